The minimum atomic E-state index is 0.173. The fraction of sp³-hybridized carbons (Fsp3) is 0.900. The Morgan fingerprint density at radius 2 is 2.08 bits per heavy atom. The molecule has 3 heteroatoms. The third kappa shape index (κ3) is 7.78. The van der Waals surface area contributed by atoms with Crippen LogP contribution in [0.15, 0.2) is 0 Å². The van der Waals surface area contributed by atoms with Crippen LogP contribution in [0.2, 0.25) is 0 Å². The molecule has 0 aromatic heterocycles. The Bertz CT molecular complexity index is 137. The van der Waals surface area contributed by atoms with Gasteiger partial charge < -0.3 is 10.6 Å². The van der Waals surface area contributed by atoms with Gasteiger partial charge >= 0.3 is 0 Å². The highest BCUT2D eigenvalue weighted by molar-refractivity contribution is 5.76. The third-order valence-corrected chi connectivity index (χ3v) is 1.89. The molecule has 0 aromatic carbocycles. The van der Waals surface area contributed by atoms with E-state index >= 15 is 0 Å². The smallest absolute Gasteiger partial charge is 0.220 e. The van der Waals surface area contributed by atoms with Crippen LogP contribution < -0.4 is 10.6 Å². The van der Waals surface area contributed by atoms with Crippen LogP contribution in [0, 0.1) is 0 Å². The fourth-order valence-corrected chi connectivity index (χ4v) is 1.14. The summed E-state index contributed by atoms with van der Waals surface area (Å²) in [6, 6.07) is 0.290. The lowest BCUT2D eigenvalue weighted by molar-refractivity contribution is -0.121. The van der Waals surface area contributed by atoms with Gasteiger partial charge in [0.15, 0.2) is 0 Å². The molecule has 0 bridgehead atoms. The first-order valence-electron chi connectivity index (χ1n) is 5.20. The van der Waals surface area contributed by atoms with Crippen molar-refractivity contribution in [2.45, 2.75) is 46.1 Å². The molecule has 0 aliphatic carbocycles. The van der Waals surface area contributed by atoms with Gasteiger partial charge in [0.2, 0.25) is 5.91 Å². The van der Waals surface area contributed by atoms with Gasteiger partial charge in [-0.25, -0.2) is 0 Å². The van der Waals surface area contributed by atoms with E-state index in [4.69, 9.17) is 0 Å². The van der Waals surface area contributed by atoms with Crippen LogP contribution in [-0.2, 0) is 4.79 Å². The molecule has 0 radical (unpaired) electrons. The molecule has 1 amide bonds. The van der Waals surface area contributed by atoms with Crippen LogP contribution in [0.5, 0.6) is 0 Å². The molecule has 3 nitrogen and oxygen atoms in total. The summed E-state index contributed by atoms with van der Waals surface area (Å²) >= 11 is 0. The van der Waals surface area contributed by atoms with Gasteiger partial charge in [0, 0.05) is 12.5 Å². The van der Waals surface area contributed by atoms with Gasteiger partial charge in [-0.1, -0.05) is 13.8 Å². The molecule has 0 heterocycles. The first-order valence-corrected chi connectivity index (χ1v) is 5.20. The fourth-order valence-electron chi connectivity index (χ4n) is 1.14. The van der Waals surface area contributed by atoms with Crippen molar-refractivity contribution in [1.82, 2.24) is 10.6 Å². The van der Waals surface area contributed by atoms with Crippen LogP contribution in [0.4, 0.5) is 0 Å². The van der Waals surface area contributed by atoms with E-state index in [1.807, 2.05) is 13.8 Å². The Balaban J connectivity index is 3.38. The summed E-state index contributed by atoms with van der Waals surface area (Å²) in [7, 11) is 0. The van der Waals surface area contributed by atoms with E-state index in [0.29, 0.717) is 6.42 Å². The molecule has 2 N–H and O–H groups in total. The molecule has 0 fully saturated rings. The molecule has 0 saturated heterocycles. The topological polar surface area (TPSA) is 41.1 Å². The number of carbonyl (C=O) groups is 1. The maximum atomic E-state index is 11.2. The molecule has 1 unspecified atom stereocenters. The number of hydrogen-bond donors (Lipinski definition) is 2. The van der Waals surface area contributed by atoms with E-state index in [0.717, 1.165) is 25.9 Å². The first-order chi connectivity index (χ1) is 6.20. The van der Waals surface area contributed by atoms with Crippen molar-refractivity contribution in [3.05, 3.63) is 0 Å². The summed E-state index contributed by atoms with van der Waals surface area (Å²) in [5.74, 6) is 0.173. The number of rotatable bonds is 7. The van der Waals surface area contributed by atoms with Gasteiger partial charge in [0.1, 0.15) is 0 Å². The lowest BCUT2D eigenvalue weighted by Gasteiger charge is -2.13. The van der Waals surface area contributed by atoms with Crippen LogP contribution in [0.3, 0.4) is 0 Å². The Morgan fingerprint density at radius 3 is 2.62 bits per heavy atom. The Hall–Kier alpha value is -0.570. The number of hydrogen-bond acceptors (Lipinski definition) is 2. The van der Waals surface area contributed by atoms with E-state index in [9.17, 15) is 4.79 Å². The van der Waals surface area contributed by atoms with Crippen LogP contribution in [0.1, 0.15) is 40.0 Å². The Morgan fingerprint density at radius 1 is 1.38 bits per heavy atom. The Kier molecular flexibility index (Phi) is 7.69. The Labute approximate surface area is 81.3 Å². The van der Waals surface area contributed by atoms with Crippen molar-refractivity contribution in [2.75, 3.05) is 13.1 Å². The third-order valence-electron chi connectivity index (χ3n) is 1.89. The normalized spacial score (nSPS) is 12.5. The van der Waals surface area contributed by atoms with Crippen molar-refractivity contribution in [3.63, 3.8) is 0 Å². The van der Waals surface area contributed by atoms with Crippen LogP contribution >= 0.6 is 0 Å². The van der Waals surface area contributed by atoms with E-state index < -0.39 is 0 Å². The summed E-state index contributed by atoms with van der Waals surface area (Å²) in [5.41, 5.74) is 0. The molecule has 0 spiro atoms. The number of amides is 1. The molecular weight excluding hydrogens is 164 g/mol. The lowest BCUT2D eigenvalue weighted by atomic mass is 10.2. The van der Waals surface area contributed by atoms with E-state index in [2.05, 4.69) is 17.6 Å². The number of carbonyl (C=O) groups excluding carboxylic acids is 1. The number of nitrogens with one attached hydrogen (secondary N) is 2. The van der Waals surface area contributed by atoms with Crippen molar-refractivity contribution in [3.8, 4) is 0 Å². The zero-order chi connectivity index (χ0) is 10.1. The molecule has 78 valence electrons. The average Bonchev–Trinajstić information content (AvgIpc) is 2.05. The van der Waals surface area contributed by atoms with Gasteiger partial charge in [-0.05, 0) is 32.9 Å². The molecular formula is C10H22N2O. The summed E-state index contributed by atoms with van der Waals surface area (Å²) in [6.45, 7) is 8.12. The zero-order valence-electron chi connectivity index (χ0n) is 9.02. The molecule has 0 aliphatic rings. The molecule has 0 aliphatic heterocycles. The monoisotopic (exact) mass is 186 g/mol. The summed E-state index contributed by atoms with van der Waals surface area (Å²) in [6.07, 6.45) is 2.57. The quantitative estimate of drug-likeness (QED) is 0.588. The maximum absolute atomic E-state index is 11.2. The molecule has 0 rings (SSSR count). The van der Waals surface area contributed by atoms with E-state index in [1.165, 1.54) is 0 Å². The van der Waals surface area contributed by atoms with E-state index in [-0.39, 0.29) is 11.9 Å². The van der Waals surface area contributed by atoms with Gasteiger partial charge in [-0.3, -0.25) is 4.79 Å². The predicted molar refractivity (Wildman–Crippen MR) is 55.7 cm³/mol. The maximum Gasteiger partial charge on any atom is 0.220 e. The predicted octanol–water partition coefficient (Wildman–Crippen LogP) is 1.29. The second kappa shape index (κ2) is 8.05. The molecule has 0 aromatic rings. The largest absolute Gasteiger partial charge is 0.354 e. The second-order valence-electron chi connectivity index (χ2n) is 3.36. The summed E-state index contributed by atoms with van der Waals surface area (Å²) in [5, 5.41) is 6.19. The van der Waals surface area contributed by atoms with Crippen LogP contribution in [-0.4, -0.2) is 25.0 Å². The van der Waals surface area contributed by atoms with Crippen molar-refractivity contribution in [1.29, 1.82) is 0 Å². The van der Waals surface area contributed by atoms with Crippen LogP contribution in [0.25, 0.3) is 0 Å². The highest BCUT2D eigenvalue weighted by atomic mass is 16.1. The molecule has 0 saturated carbocycles. The highest BCUT2D eigenvalue weighted by Crippen LogP contribution is 1.92. The van der Waals surface area contributed by atoms with Gasteiger partial charge in [0.05, 0.1) is 0 Å². The minimum absolute atomic E-state index is 0.173. The summed E-state index contributed by atoms with van der Waals surface area (Å²) in [4.78, 5) is 11.2. The molecule has 13 heavy (non-hydrogen) atoms. The van der Waals surface area contributed by atoms with Crippen molar-refractivity contribution < 1.29 is 4.79 Å². The minimum Gasteiger partial charge on any atom is -0.354 e. The van der Waals surface area contributed by atoms with Gasteiger partial charge in [-0.2, -0.15) is 0 Å². The highest BCUT2D eigenvalue weighted by Gasteiger charge is 2.04. The zero-order valence-corrected chi connectivity index (χ0v) is 9.02. The SMILES string of the molecule is CCCC(=O)NC(C)CCNCC. The molecule has 1 atom stereocenters. The summed E-state index contributed by atoms with van der Waals surface area (Å²) < 4.78 is 0. The second-order valence-corrected chi connectivity index (χ2v) is 3.36. The standard InChI is InChI=1S/C10H22N2O/c1-4-6-10(13)12-9(3)7-8-11-5-2/h9,11H,4-8H2,1-3H3,(H,12,13). The van der Waals surface area contributed by atoms with Gasteiger partial charge in [-0.15, -0.1) is 0 Å². The first kappa shape index (κ1) is 12.4. The van der Waals surface area contributed by atoms with E-state index in [1.54, 1.807) is 0 Å². The van der Waals surface area contributed by atoms with Crippen molar-refractivity contribution in [2.24, 2.45) is 0 Å². The van der Waals surface area contributed by atoms with Crippen molar-refractivity contribution >= 4 is 5.91 Å². The lowest BCUT2D eigenvalue weighted by Crippen LogP contribution is -2.34. The average molecular weight is 186 g/mol. The van der Waals surface area contributed by atoms with Gasteiger partial charge in [0.25, 0.3) is 0 Å².